The Morgan fingerprint density at radius 2 is 1.57 bits per heavy atom. The van der Waals surface area contributed by atoms with Gasteiger partial charge in [0.15, 0.2) is 0 Å². The summed E-state index contributed by atoms with van der Waals surface area (Å²) in [5.74, 6) is -0.188. The molecule has 0 radical (unpaired) electrons. The number of rotatable bonds is 3. The maximum Gasteiger partial charge on any atom is 0.303 e. The summed E-state index contributed by atoms with van der Waals surface area (Å²) in [7, 11) is 0. The molecule has 0 saturated heterocycles. The summed E-state index contributed by atoms with van der Waals surface area (Å²) in [6.45, 7) is 13.1. The van der Waals surface area contributed by atoms with Crippen molar-refractivity contribution in [2.24, 2.45) is 22.2 Å². The second-order valence-electron chi connectivity index (χ2n) is 6.44. The van der Waals surface area contributed by atoms with Crippen LogP contribution in [0.3, 0.4) is 0 Å². The first-order valence-corrected chi connectivity index (χ1v) is 5.25. The summed E-state index contributed by atoms with van der Waals surface area (Å²) in [5.41, 5.74) is 0.441. The van der Waals surface area contributed by atoms with Crippen LogP contribution in [-0.2, 0) is 4.79 Å². The van der Waals surface area contributed by atoms with Crippen LogP contribution in [0.2, 0.25) is 0 Å². The molecule has 1 saturated carbocycles. The molecule has 0 unspecified atom stereocenters. The minimum Gasteiger partial charge on any atom is -0.481 e. The van der Waals surface area contributed by atoms with Gasteiger partial charge >= 0.3 is 5.97 Å². The second kappa shape index (κ2) is 2.74. The van der Waals surface area contributed by atoms with Crippen LogP contribution in [0.15, 0.2) is 0 Å². The van der Waals surface area contributed by atoms with Gasteiger partial charge in [0.2, 0.25) is 0 Å². The van der Waals surface area contributed by atoms with Gasteiger partial charge in [-0.3, -0.25) is 4.79 Å². The highest BCUT2D eigenvalue weighted by atomic mass is 16.4. The van der Waals surface area contributed by atoms with Crippen molar-refractivity contribution in [1.29, 1.82) is 0 Å². The number of carboxylic acids is 1. The van der Waals surface area contributed by atoms with Crippen LogP contribution in [0.5, 0.6) is 0 Å². The van der Waals surface area contributed by atoms with Crippen molar-refractivity contribution in [1.82, 2.24) is 0 Å². The minimum atomic E-state index is -0.687. The third kappa shape index (κ3) is 1.45. The van der Waals surface area contributed by atoms with Crippen molar-refractivity contribution in [3.8, 4) is 0 Å². The van der Waals surface area contributed by atoms with E-state index in [1.807, 2.05) is 0 Å². The van der Waals surface area contributed by atoms with Gasteiger partial charge in [0.25, 0.3) is 0 Å². The Kier molecular flexibility index (Phi) is 2.26. The molecule has 0 aromatic carbocycles. The Labute approximate surface area is 86.7 Å². The molecule has 0 atom stereocenters. The molecule has 0 aromatic rings. The fraction of sp³-hybridized carbons (Fsp3) is 0.917. The highest BCUT2D eigenvalue weighted by molar-refractivity contribution is 5.67. The molecule has 14 heavy (non-hydrogen) atoms. The quantitative estimate of drug-likeness (QED) is 0.756. The number of aliphatic carboxylic acids is 1. The molecule has 0 aromatic heterocycles. The fourth-order valence-electron chi connectivity index (χ4n) is 3.64. The lowest BCUT2D eigenvalue weighted by Crippen LogP contribution is -2.22. The number of hydrogen-bond acceptors (Lipinski definition) is 1. The van der Waals surface area contributed by atoms with Gasteiger partial charge in [0.1, 0.15) is 0 Å². The van der Waals surface area contributed by atoms with E-state index in [1.54, 1.807) is 0 Å². The third-order valence-electron chi connectivity index (χ3n) is 4.41. The van der Waals surface area contributed by atoms with Gasteiger partial charge in [-0.25, -0.2) is 0 Å². The maximum atomic E-state index is 10.8. The topological polar surface area (TPSA) is 37.3 Å². The monoisotopic (exact) mass is 198 g/mol. The molecule has 2 nitrogen and oxygen atoms in total. The van der Waals surface area contributed by atoms with E-state index < -0.39 is 5.97 Å². The maximum absolute atomic E-state index is 10.8. The average molecular weight is 198 g/mol. The molecule has 2 heteroatoms. The smallest absolute Gasteiger partial charge is 0.303 e. The van der Waals surface area contributed by atoms with E-state index >= 15 is 0 Å². The van der Waals surface area contributed by atoms with Gasteiger partial charge in [-0.15, -0.1) is 0 Å². The molecule has 1 N–H and O–H groups in total. The molecule has 1 rings (SSSR count). The Morgan fingerprint density at radius 1 is 1.21 bits per heavy atom. The lowest BCUT2D eigenvalue weighted by atomic mass is 9.79. The summed E-state index contributed by atoms with van der Waals surface area (Å²) in [5, 5.41) is 8.87. The molecule has 82 valence electrons. The normalized spacial score (nSPS) is 24.7. The zero-order valence-electron chi connectivity index (χ0n) is 10.1. The van der Waals surface area contributed by atoms with Crippen molar-refractivity contribution < 1.29 is 9.90 Å². The van der Waals surface area contributed by atoms with Gasteiger partial charge in [0.05, 0.1) is 6.42 Å². The van der Waals surface area contributed by atoms with Gasteiger partial charge in [-0.2, -0.15) is 0 Å². The summed E-state index contributed by atoms with van der Waals surface area (Å²) in [6, 6.07) is 0. The molecule has 0 bridgehead atoms. The Bertz CT molecular complexity index is 247. The van der Waals surface area contributed by atoms with Crippen molar-refractivity contribution >= 4 is 5.97 Å². The summed E-state index contributed by atoms with van der Waals surface area (Å²) < 4.78 is 0. The van der Waals surface area contributed by atoms with Crippen LogP contribution >= 0.6 is 0 Å². The highest BCUT2D eigenvalue weighted by Crippen LogP contribution is 2.74. The fourth-order valence-corrected chi connectivity index (χ4v) is 3.64. The van der Waals surface area contributed by atoms with Crippen LogP contribution in [0.1, 0.15) is 48.0 Å². The predicted octanol–water partition coefficient (Wildman–Crippen LogP) is 3.17. The molecule has 0 spiro atoms. The van der Waals surface area contributed by atoms with Gasteiger partial charge in [-0.1, -0.05) is 41.5 Å². The summed E-state index contributed by atoms with van der Waals surface area (Å²) in [4.78, 5) is 10.8. The SMILES string of the molecule is CC(C)(CC(=O)O)C1C(C)(C)C1(C)C. The highest BCUT2D eigenvalue weighted by Gasteiger charge is 2.69. The minimum absolute atomic E-state index is 0.0984. The first-order chi connectivity index (χ1) is 6.03. The summed E-state index contributed by atoms with van der Waals surface area (Å²) in [6.07, 6.45) is 0.268. The van der Waals surface area contributed by atoms with E-state index in [9.17, 15) is 4.79 Å². The molecule has 0 aliphatic heterocycles. The van der Waals surface area contributed by atoms with Crippen molar-refractivity contribution in [2.45, 2.75) is 48.0 Å². The van der Waals surface area contributed by atoms with E-state index in [0.29, 0.717) is 5.92 Å². The number of carbonyl (C=O) groups is 1. The van der Waals surface area contributed by atoms with Crippen LogP contribution in [0.25, 0.3) is 0 Å². The molecule has 0 heterocycles. The Balaban J connectivity index is 2.82. The van der Waals surface area contributed by atoms with E-state index in [2.05, 4.69) is 41.5 Å². The van der Waals surface area contributed by atoms with Crippen molar-refractivity contribution in [2.75, 3.05) is 0 Å². The third-order valence-corrected chi connectivity index (χ3v) is 4.41. The van der Waals surface area contributed by atoms with Gasteiger partial charge < -0.3 is 5.11 Å². The Morgan fingerprint density at radius 3 is 1.79 bits per heavy atom. The van der Waals surface area contributed by atoms with Crippen LogP contribution < -0.4 is 0 Å². The first kappa shape index (κ1) is 11.5. The standard InChI is InChI=1S/C12H22O2/c1-10(2,7-8(13)14)9-11(3,4)12(9,5)6/h9H,7H2,1-6H3,(H,13,14). The lowest BCUT2D eigenvalue weighted by Gasteiger charge is -2.25. The zero-order chi connectivity index (χ0) is 11.4. The van der Waals surface area contributed by atoms with Crippen LogP contribution in [0, 0.1) is 22.2 Å². The molecule has 1 aliphatic rings. The lowest BCUT2D eigenvalue weighted by molar-refractivity contribution is -0.139. The largest absolute Gasteiger partial charge is 0.481 e. The van der Waals surface area contributed by atoms with E-state index in [0.717, 1.165) is 0 Å². The molecule has 1 aliphatic carbocycles. The molecular weight excluding hydrogens is 176 g/mol. The van der Waals surface area contributed by atoms with Crippen LogP contribution in [0.4, 0.5) is 0 Å². The predicted molar refractivity (Wildman–Crippen MR) is 57.1 cm³/mol. The van der Waals surface area contributed by atoms with E-state index in [1.165, 1.54) is 0 Å². The van der Waals surface area contributed by atoms with Gasteiger partial charge in [0, 0.05) is 0 Å². The average Bonchev–Trinajstić information content (AvgIpc) is 2.18. The molecule has 1 fully saturated rings. The molecule has 0 amide bonds. The second-order valence-corrected chi connectivity index (χ2v) is 6.44. The number of hydrogen-bond donors (Lipinski definition) is 1. The summed E-state index contributed by atoms with van der Waals surface area (Å²) >= 11 is 0. The number of carboxylic acid groups (broad SMARTS) is 1. The first-order valence-electron chi connectivity index (χ1n) is 5.25. The van der Waals surface area contributed by atoms with Crippen molar-refractivity contribution in [3.63, 3.8) is 0 Å². The van der Waals surface area contributed by atoms with Crippen molar-refractivity contribution in [3.05, 3.63) is 0 Å². The van der Waals surface area contributed by atoms with Gasteiger partial charge in [-0.05, 0) is 22.2 Å². The van der Waals surface area contributed by atoms with Crippen LogP contribution in [-0.4, -0.2) is 11.1 Å². The Hall–Kier alpha value is -0.530. The zero-order valence-corrected chi connectivity index (χ0v) is 10.1. The van der Waals surface area contributed by atoms with E-state index in [4.69, 9.17) is 5.11 Å². The molecular formula is C12H22O2. The van der Waals surface area contributed by atoms with E-state index in [-0.39, 0.29) is 22.7 Å².